The third-order valence-corrected chi connectivity index (χ3v) is 13.4. The van der Waals surface area contributed by atoms with Crippen LogP contribution >= 0.6 is 24.4 Å². The minimum Gasteiger partial charge on any atom is -0.399 e. The molecule has 0 radical (unpaired) electrons. The van der Waals surface area contributed by atoms with Crippen molar-refractivity contribution in [2.75, 3.05) is 36.1 Å². The number of anilines is 2. The highest BCUT2D eigenvalue weighted by atomic mass is 32.2. The van der Waals surface area contributed by atoms with Crippen LogP contribution in [0.3, 0.4) is 0 Å². The van der Waals surface area contributed by atoms with Gasteiger partial charge in [-0.1, -0.05) is 61.4 Å². The van der Waals surface area contributed by atoms with Gasteiger partial charge in [0.1, 0.15) is 15.3 Å². The summed E-state index contributed by atoms with van der Waals surface area (Å²) in [5.41, 5.74) is 20.1. The molecule has 18 nitrogen and oxygen atoms in total. The van der Waals surface area contributed by atoms with Crippen LogP contribution in [0.4, 0.5) is 11.4 Å². The molecular formula is C53H83N7O11S2. The number of carbonyl (C=O) groups excluding carboxylic acids is 10. The molecule has 1 atom stereocenters. The third kappa shape index (κ3) is 22.4. The first-order valence-corrected chi connectivity index (χ1v) is 24.4. The molecule has 0 bridgehead atoms. The zero-order chi connectivity index (χ0) is 51.3. The molecule has 7 amide bonds. The van der Waals surface area contributed by atoms with Gasteiger partial charge in [-0.3, -0.25) is 43.4 Å². The van der Waals surface area contributed by atoms with Crippen molar-refractivity contribution in [1.82, 2.24) is 20.2 Å². The molecule has 2 saturated carbocycles. The van der Waals surface area contributed by atoms with Gasteiger partial charge in [0.15, 0.2) is 0 Å². The molecule has 0 aromatic heterocycles. The lowest BCUT2D eigenvalue weighted by Crippen LogP contribution is -2.38. The lowest BCUT2D eigenvalue weighted by molar-refractivity contribution is -0.201. The molecule has 4 fully saturated rings. The number of imide groups is 3. The maximum atomic E-state index is 12.6. The van der Waals surface area contributed by atoms with Crippen LogP contribution in [-0.2, 0) is 65.9 Å². The van der Waals surface area contributed by atoms with Crippen molar-refractivity contribution in [3.8, 4) is 0 Å². The van der Waals surface area contributed by atoms with Gasteiger partial charge in [-0.05, 0) is 104 Å². The predicted octanol–water partition coefficient (Wildman–Crippen LogP) is 6.88. The molecule has 73 heavy (non-hydrogen) atoms. The summed E-state index contributed by atoms with van der Waals surface area (Å²) in [6.45, 7) is 1.82. The zero-order valence-electron chi connectivity index (χ0n) is 40.0. The molecule has 3 aliphatic heterocycles. The normalized spacial score (nSPS) is 21.0. The van der Waals surface area contributed by atoms with E-state index in [1.807, 2.05) is 48.5 Å². The fraction of sp³-hybridized carbons (Fsp3) is 0.547. The van der Waals surface area contributed by atoms with Crippen LogP contribution in [0.25, 0.3) is 0 Å². The highest BCUT2D eigenvalue weighted by molar-refractivity contribution is 8.00. The van der Waals surface area contributed by atoms with E-state index in [4.69, 9.17) is 24.8 Å². The van der Waals surface area contributed by atoms with Crippen LogP contribution in [0, 0.1) is 23.7 Å². The minimum atomic E-state index is -0.657. The molecule has 408 valence electrons. The maximum absolute atomic E-state index is 12.6. The number of hydroxylamine groups is 2. The number of likely N-dealkylation sites (tertiary alicyclic amines) is 1. The first-order chi connectivity index (χ1) is 33.4. The quantitative estimate of drug-likeness (QED) is 0.0496. The summed E-state index contributed by atoms with van der Waals surface area (Å²) in [5.74, 6) is -1.61. The molecule has 2 aliphatic carbocycles. The summed E-state index contributed by atoms with van der Waals surface area (Å²) in [4.78, 5) is 123. The first kappa shape index (κ1) is 65.2. The van der Waals surface area contributed by atoms with E-state index >= 15 is 0 Å². The number of hydrogen-bond acceptors (Lipinski definition) is 16. The number of thiol groups is 1. The Labute approximate surface area is 445 Å². The Kier molecular flexibility index (Phi) is 32.2. The SMILES string of the molecule is C.C.C.C.C.NCc1ccc(N)cc1.O=C(ON1C(=O)CCC1=O)C1CCC(CN2C(=O)C=CC2=O)CC1.[2H]C(=O)CCS.[2H]C(=O)CCSC1CC(=O)N(CC2CCC(C(=O)NCc3ccc(N)cc3)CC2)C1=O. The number of rotatable bonds is 16. The predicted molar refractivity (Wildman–Crippen MR) is 292 cm³/mol. The van der Waals surface area contributed by atoms with E-state index in [9.17, 15) is 47.9 Å². The van der Waals surface area contributed by atoms with Gasteiger partial charge in [0.05, 0.1) is 11.2 Å². The van der Waals surface area contributed by atoms with Crippen LogP contribution in [0.5, 0.6) is 0 Å². The van der Waals surface area contributed by atoms with E-state index in [1.54, 1.807) is 0 Å². The highest BCUT2D eigenvalue weighted by Gasteiger charge is 2.41. The molecule has 2 aromatic rings. The lowest BCUT2D eigenvalue weighted by Gasteiger charge is -2.30. The molecular weight excluding hydrogens is 975 g/mol. The van der Waals surface area contributed by atoms with E-state index in [1.165, 1.54) is 33.7 Å². The maximum Gasteiger partial charge on any atom is 0.336 e. The summed E-state index contributed by atoms with van der Waals surface area (Å²) in [6, 6.07) is 15.0. The number of carbonyl (C=O) groups is 10. The van der Waals surface area contributed by atoms with E-state index in [-0.39, 0.29) is 122 Å². The van der Waals surface area contributed by atoms with E-state index in [0.29, 0.717) is 74.1 Å². The zero-order valence-corrected chi connectivity index (χ0v) is 39.7. The molecule has 2 aromatic carbocycles. The summed E-state index contributed by atoms with van der Waals surface area (Å²) in [6.07, 6.45) is 7.56. The highest BCUT2D eigenvalue weighted by Crippen LogP contribution is 2.34. The standard InChI is InChI=1S/C22H29N3O4S.C16H18N2O6.C7H10N2.C3H6OS.5CH4/c23-18-8-4-15(5-9-18)13-24-21(28)17-6-2-16(3-7-17)14-25-20(27)12-19(22(25)29)30-11-1-10-26;19-12-5-6-13(20)17(12)9-10-1-3-11(4-2-10)16(23)24-18-14(21)7-8-15(18)22;8-5-6-1-3-7(9)4-2-6;4-2-1-3-5;;;;;/h4-5,8-10,16-17,19H,1-3,6-7,11-14,23H2,(H,24,28);5-6,10-11H,1-4,7-9H2;1-4H,5,8-9H2;2,5H,1,3H2;5*1H4/i10D;;;2D;;;;;. The molecule has 7 rings (SSSR count). The molecule has 2 saturated heterocycles. The average Bonchev–Trinajstić information content (AvgIpc) is 3.93. The van der Waals surface area contributed by atoms with Gasteiger partial charge in [-0.2, -0.15) is 12.6 Å². The van der Waals surface area contributed by atoms with Crippen molar-refractivity contribution >= 4 is 95.6 Å². The molecule has 20 heteroatoms. The molecule has 1 unspecified atom stereocenters. The number of hydrogen-bond donors (Lipinski definition) is 5. The van der Waals surface area contributed by atoms with Crippen LogP contribution in [0.15, 0.2) is 60.7 Å². The third-order valence-electron chi connectivity index (χ3n) is 12.0. The van der Waals surface area contributed by atoms with E-state index in [0.717, 1.165) is 42.5 Å². The number of nitrogens with two attached hydrogens (primary N) is 3. The van der Waals surface area contributed by atoms with Crippen molar-refractivity contribution in [3.63, 3.8) is 0 Å². The first-order valence-electron chi connectivity index (χ1n) is 23.7. The molecule has 5 aliphatic rings. The molecule has 0 spiro atoms. The van der Waals surface area contributed by atoms with Gasteiger partial charge >= 0.3 is 5.97 Å². The summed E-state index contributed by atoms with van der Waals surface area (Å²) >= 11 is 5.01. The van der Waals surface area contributed by atoms with E-state index in [2.05, 4.69) is 17.9 Å². The lowest BCUT2D eigenvalue weighted by atomic mass is 9.81. The number of nitrogens with one attached hydrogen (secondary N) is 1. The fourth-order valence-electron chi connectivity index (χ4n) is 8.02. The number of nitrogens with zero attached hydrogens (tertiary/aromatic N) is 3. The average molecular weight is 1060 g/mol. The van der Waals surface area contributed by atoms with Gasteiger partial charge in [-0.15, -0.1) is 16.8 Å². The topological polar surface area (TPSA) is 280 Å². The Morgan fingerprint density at radius 2 is 1.15 bits per heavy atom. The Balaban J connectivity index is 0. The second-order valence-corrected chi connectivity index (χ2v) is 18.6. The van der Waals surface area contributed by atoms with Crippen molar-refractivity contribution in [2.24, 2.45) is 29.4 Å². The fourth-order valence-corrected chi connectivity index (χ4v) is 9.13. The summed E-state index contributed by atoms with van der Waals surface area (Å²) in [5, 5.41) is 3.11. The number of benzene rings is 2. The minimum absolute atomic E-state index is 0. The Morgan fingerprint density at radius 1 is 0.685 bits per heavy atom. The second kappa shape index (κ2) is 36.1. The Bertz CT molecular complexity index is 2190. The van der Waals surface area contributed by atoms with Crippen molar-refractivity contribution in [2.45, 2.75) is 139 Å². The van der Waals surface area contributed by atoms with Gasteiger partial charge in [0.25, 0.3) is 23.6 Å². The number of nitrogen functional groups attached to an aromatic ring is 2. The van der Waals surface area contributed by atoms with Crippen molar-refractivity contribution < 1.29 is 55.5 Å². The largest absolute Gasteiger partial charge is 0.399 e. The summed E-state index contributed by atoms with van der Waals surface area (Å²) in [7, 11) is 0. The molecule has 3 heterocycles. The smallest absolute Gasteiger partial charge is 0.336 e. The van der Waals surface area contributed by atoms with Crippen LogP contribution in [-0.4, -0.2) is 105 Å². The van der Waals surface area contributed by atoms with Gasteiger partial charge in [-0.25, -0.2) is 4.79 Å². The van der Waals surface area contributed by atoms with Gasteiger partial charge < -0.3 is 36.9 Å². The second-order valence-electron chi connectivity index (χ2n) is 16.9. The van der Waals surface area contributed by atoms with Crippen molar-refractivity contribution in [1.29, 1.82) is 0 Å². The molecule has 7 N–H and O–H groups in total. The monoisotopic (exact) mass is 1060 g/mol. The van der Waals surface area contributed by atoms with Crippen LogP contribution in [0.2, 0.25) is 0 Å². The number of aldehydes is 2. The number of amides is 7. The van der Waals surface area contributed by atoms with Gasteiger partial charge in [0, 0.05) is 93.5 Å². The van der Waals surface area contributed by atoms with Crippen LogP contribution < -0.4 is 22.5 Å². The van der Waals surface area contributed by atoms with Crippen LogP contribution in [0.1, 0.15) is 134 Å². The van der Waals surface area contributed by atoms with Crippen molar-refractivity contribution in [3.05, 3.63) is 71.8 Å². The van der Waals surface area contributed by atoms with E-state index < -0.39 is 35.6 Å². The van der Waals surface area contributed by atoms with Gasteiger partial charge in [0.2, 0.25) is 17.7 Å². The Morgan fingerprint density at radius 3 is 1.60 bits per heavy atom. The Hall–Kier alpha value is -5.86. The summed E-state index contributed by atoms with van der Waals surface area (Å²) < 4.78 is 13.2. The number of thioether (sulfide) groups is 1.